The van der Waals surface area contributed by atoms with Crippen LogP contribution in [-0.2, 0) is 11.3 Å². The molecule has 0 atom stereocenters. The van der Waals surface area contributed by atoms with Crippen LogP contribution in [0.3, 0.4) is 0 Å². The monoisotopic (exact) mass is 386 g/mol. The van der Waals surface area contributed by atoms with Gasteiger partial charge in [0.1, 0.15) is 0 Å². The van der Waals surface area contributed by atoms with Crippen molar-refractivity contribution < 1.29 is 23.8 Å². The second-order valence-corrected chi connectivity index (χ2v) is 6.18. The lowest BCUT2D eigenvalue weighted by Gasteiger charge is -2.14. The van der Waals surface area contributed by atoms with E-state index in [0.29, 0.717) is 29.4 Å². The Bertz CT molecular complexity index is 793. The zero-order valence-electron chi connectivity index (χ0n) is 16.6. The zero-order chi connectivity index (χ0) is 20.5. The van der Waals surface area contributed by atoms with E-state index in [0.717, 1.165) is 5.56 Å². The van der Waals surface area contributed by atoms with Crippen molar-refractivity contribution in [1.82, 2.24) is 10.6 Å². The van der Waals surface area contributed by atoms with Crippen LogP contribution in [0.25, 0.3) is 0 Å². The highest BCUT2D eigenvalue weighted by Gasteiger charge is 2.17. The highest BCUT2D eigenvalue weighted by atomic mass is 16.5. The summed E-state index contributed by atoms with van der Waals surface area (Å²) in [7, 11) is 4.46. The van der Waals surface area contributed by atoms with Gasteiger partial charge in [0.15, 0.2) is 11.5 Å². The molecule has 0 heterocycles. The molecule has 0 fully saturated rings. The van der Waals surface area contributed by atoms with Crippen molar-refractivity contribution >= 4 is 11.8 Å². The Kier molecular flexibility index (Phi) is 7.68. The molecule has 2 aromatic carbocycles. The molecule has 7 nitrogen and oxygen atoms in total. The number of carbonyl (C=O) groups excluding carboxylic acids is 2. The topological polar surface area (TPSA) is 85.9 Å². The summed E-state index contributed by atoms with van der Waals surface area (Å²) in [6.45, 7) is 2.69. The van der Waals surface area contributed by atoms with Crippen LogP contribution in [0.15, 0.2) is 36.4 Å². The van der Waals surface area contributed by atoms with Crippen LogP contribution < -0.4 is 24.8 Å². The minimum Gasteiger partial charge on any atom is -0.493 e. The number of hydrogen-bond donors (Lipinski definition) is 2. The van der Waals surface area contributed by atoms with E-state index >= 15 is 0 Å². The van der Waals surface area contributed by atoms with Gasteiger partial charge in [0.05, 0.1) is 21.3 Å². The van der Waals surface area contributed by atoms with Crippen LogP contribution in [0.5, 0.6) is 17.2 Å². The molecule has 150 valence electrons. The van der Waals surface area contributed by atoms with E-state index in [1.54, 1.807) is 12.1 Å². The molecular formula is C21H26N2O5. The fraction of sp³-hybridized carbons (Fsp3) is 0.333. The van der Waals surface area contributed by atoms with Gasteiger partial charge in [-0.25, -0.2) is 0 Å². The molecule has 0 aliphatic heterocycles. The fourth-order valence-electron chi connectivity index (χ4n) is 2.60. The second kappa shape index (κ2) is 10.2. The predicted molar refractivity (Wildman–Crippen MR) is 106 cm³/mol. The molecule has 0 aliphatic rings. The van der Waals surface area contributed by atoms with Gasteiger partial charge in [-0.2, -0.15) is 0 Å². The average molecular weight is 386 g/mol. The maximum absolute atomic E-state index is 12.4. The van der Waals surface area contributed by atoms with Gasteiger partial charge in [-0.1, -0.05) is 29.8 Å². The quantitative estimate of drug-likeness (QED) is 0.691. The Balaban J connectivity index is 1.86. The molecule has 0 saturated carbocycles. The maximum atomic E-state index is 12.4. The smallest absolute Gasteiger partial charge is 0.251 e. The van der Waals surface area contributed by atoms with Crippen molar-refractivity contribution in [2.45, 2.75) is 19.9 Å². The largest absolute Gasteiger partial charge is 0.493 e. The van der Waals surface area contributed by atoms with E-state index < -0.39 is 0 Å². The Morgan fingerprint density at radius 3 is 2.04 bits per heavy atom. The number of carbonyl (C=O) groups is 2. The number of amides is 2. The second-order valence-electron chi connectivity index (χ2n) is 6.18. The number of rotatable bonds is 9. The number of hydrogen-bond acceptors (Lipinski definition) is 5. The Morgan fingerprint density at radius 2 is 1.50 bits per heavy atom. The minimum absolute atomic E-state index is 0.134. The summed E-state index contributed by atoms with van der Waals surface area (Å²) in [5.74, 6) is 0.735. The van der Waals surface area contributed by atoms with Crippen molar-refractivity contribution in [3.8, 4) is 17.2 Å². The summed E-state index contributed by atoms with van der Waals surface area (Å²) < 4.78 is 15.7. The van der Waals surface area contributed by atoms with Crippen LogP contribution in [0, 0.1) is 6.92 Å². The molecule has 28 heavy (non-hydrogen) atoms. The van der Waals surface area contributed by atoms with Gasteiger partial charge in [-0.15, -0.1) is 0 Å². The molecule has 7 heteroatoms. The minimum atomic E-state index is -0.328. The van der Waals surface area contributed by atoms with Crippen LogP contribution in [0.4, 0.5) is 0 Å². The van der Waals surface area contributed by atoms with Crippen molar-refractivity contribution in [2.75, 3.05) is 27.9 Å². The van der Waals surface area contributed by atoms with Gasteiger partial charge in [-0.05, 0) is 24.6 Å². The number of nitrogens with one attached hydrogen (secondary N) is 2. The first-order valence-electron chi connectivity index (χ1n) is 8.89. The van der Waals surface area contributed by atoms with E-state index in [1.807, 2.05) is 31.2 Å². The third-order valence-corrected chi connectivity index (χ3v) is 4.17. The normalized spacial score (nSPS) is 10.1. The molecule has 0 spiro atoms. The summed E-state index contributed by atoms with van der Waals surface area (Å²) in [6.07, 6.45) is 0.183. The van der Waals surface area contributed by atoms with Gasteiger partial charge in [-0.3, -0.25) is 9.59 Å². The lowest BCUT2D eigenvalue weighted by Crippen LogP contribution is -2.30. The molecular weight excluding hydrogens is 360 g/mol. The van der Waals surface area contributed by atoms with E-state index in [2.05, 4.69) is 10.6 Å². The Hall–Kier alpha value is -3.22. The van der Waals surface area contributed by atoms with Crippen LogP contribution in [-0.4, -0.2) is 39.7 Å². The lowest BCUT2D eigenvalue weighted by molar-refractivity contribution is -0.121. The van der Waals surface area contributed by atoms with E-state index in [-0.39, 0.29) is 24.8 Å². The predicted octanol–water partition coefficient (Wildman–Crippen LogP) is 2.46. The van der Waals surface area contributed by atoms with Crippen LogP contribution in [0.1, 0.15) is 27.9 Å². The van der Waals surface area contributed by atoms with Crippen molar-refractivity contribution in [1.29, 1.82) is 0 Å². The summed E-state index contributed by atoms with van der Waals surface area (Å²) in [6, 6.07) is 11.1. The Morgan fingerprint density at radius 1 is 0.893 bits per heavy atom. The zero-order valence-corrected chi connectivity index (χ0v) is 16.6. The first kappa shape index (κ1) is 21.1. The van der Waals surface area contributed by atoms with Crippen molar-refractivity contribution in [3.05, 3.63) is 53.1 Å². The van der Waals surface area contributed by atoms with Gasteiger partial charge in [0.25, 0.3) is 5.91 Å². The van der Waals surface area contributed by atoms with Gasteiger partial charge in [0.2, 0.25) is 11.7 Å². The summed E-state index contributed by atoms with van der Waals surface area (Å²) >= 11 is 0. The molecule has 0 unspecified atom stereocenters. The van der Waals surface area contributed by atoms with Crippen molar-refractivity contribution in [2.24, 2.45) is 0 Å². The van der Waals surface area contributed by atoms with E-state index in [9.17, 15) is 9.59 Å². The highest BCUT2D eigenvalue weighted by molar-refractivity contribution is 5.95. The molecule has 2 rings (SSSR count). The third-order valence-electron chi connectivity index (χ3n) is 4.17. The third kappa shape index (κ3) is 5.64. The first-order valence-corrected chi connectivity index (χ1v) is 8.89. The van der Waals surface area contributed by atoms with E-state index in [1.165, 1.54) is 26.9 Å². The highest BCUT2D eigenvalue weighted by Crippen LogP contribution is 2.38. The molecule has 2 aromatic rings. The molecule has 0 aliphatic carbocycles. The first-order chi connectivity index (χ1) is 13.5. The molecule has 0 aromatic heterocycles. The Labute approximate surface area is 165 Å². The molecule has 2 N–H and O–H groups in total. The fourth-order valence-corrected chi connectivity index (χ4v) is 2.60. The van der Waals surface area contributed by atoms with Gasteiger partial charge in [0, 0.05) is 25.1 Å². The standard InChI is InChI=1S/C21H26N2O5/c1-14-5-7-15(8-6-14)13-23-19(24)9-10-22-21(25)16-11-17(26-2)20(28-4)18(12-16)27-3/h5-8,11-12H,9-10,13H2,1-4H3,(H,22,25)(H,23,24). The SMILES string of the molecule is COc1cc(C(=O)NCCC(=O)NCc2ccc(C)cc2)cc(OC)c1OC. The number of ether oxygens (including phenoxy) is 3. The molecule has 0 radical (unpaired) electrons. The lowest BCUT2D eigenvalue weighted by atomic mass is 10.1. The van der Waals surface area contributed by atoms with Crippen LogP contribution in [0.2, 0.25) is 0 Å². The van der Waals surface area contributed by atoms with Gasteiger partial charge >= 0.3 is 0 Å². The van der Waals surface area contributed by atoms with Gasteiger partial charge < -0.3 is 24.8 Å². The molecule has 0 saturated heterocycles. The molecule has 2 amide bonds. The van der Waals surface area contributed by atoms with Crippen LogP contribution >= 0.6 is 0 Å². The number of benzene rings is 2. The molecule has 0 bridgehead atoms. The summed E-state index contributed by atoms with van der Waals surface area (Å²) in [4.78, 5) is 24.3. The van der Waals surface area contributed by atoms with Crippen molar-refractivity contribution in [3.63, 3.8) is 0 Å². The van der Waals surface area contributed by atoms with E-state index in [4.69, 9.17) is 14.2 Å². The average Bonchev–Trinajstić information content (AvgIpc) is 2.71. The maximum Gasteiger partial charge on any atom is 0.251 e. The number of methoxy groups -OCH3 is 3. The summed E-state index contributed by atoms with van der Waals surface area (Å²) in [5, 5.41) is 5.56. The number of aryl methyl sites for hydroxylation is 1. The summed E-state index contributed by atoms with van der Waals surface area (Å²) in [5.41, 5.74) is 2.56.